The fourth-order valence-electron chi connectivity index (χ4n) is 0.726. The first kappa shape index (κ1) is 11.3. The molecule has 0 atom stereocenters. The van der Waals surface area contributed by atoms with Gasteiger partial charge < -0.3 is 10.4 Å². The molecule has 0 bridgehead atoms. The lowest BCUT2D eigenvalue weighted by Gasteiger charge is -1.94. The Morgan fingerprint density at radius 2 is 2.23 bits per heavy atom. The van der Waals surface area contributed by atoms with Gasteiger partial charge in [0, 0.05) is 6.21 Å². The van der Waals surface area contributed by atoms with Crippen LogP contribution in [0.25, 0.3) is 6.08 Å². The van der Waals surface area contributed by atoms with Crippen molar-refractivity contribution in [2.24, 2.45) is 0 Å². The molecule has 1 aromatic rings. The predicted octanol–water partition coefficient (Wildman–Crippen LogP) is 1.44. The van der Waals surface area contributed by atoms with Gasteiger partial charge >= 0.3 is 0 Å². The van der Waals surface area contributed by atoms with Crippen LogP contribution in [0.1, 0.15) is 25.1 Å². The Bertz CT molecular complexity index is 341. The minimum atomic E-state index is -0.315. The molecule has 0 aliphatic heterocycles. The molecule has 1 aromatic heterocycles. The number of hydrogen-bond acceptors (Lipinski definition) is 3. The smallest absolute Gasteiger partial charge is 0.260 e. The van der Waals surface area contributed by atoms with E-state index in [1.54, 1.807) is 0 Å². The predicted molar refractivity (Wildman–Crippen MR) is 54.2 cm³/mol. The monoisotopic (exact) mass is 179 g/mol. The number of rotatable bonds is 2. The van der Waals surface area contributed by atoms with Crippen LogP contribution in [0.15, 0.2) is 17.7 Å². The highest BCUT2D eigenvalue weighted by molar-refractivity contribution is 5.81. The van der Waals surface area contributed by atoms with Gasteiger partial charge in [-0.3, -0.25) is 4.79 Å². The Balaban J connectivity index is 0.000000671. The van der Waals surface area contributed by atoms with Crippen LogP contribution in [-0.2, 0) is 0 Å². The lowest BCUT2D eigenvalue weighted by Crippen LogP contribution is -2.14. The van der Waals surface area contributed by atoms with Gasteiger partial charge in [0.05, 0.1) is 17.6 Å². The summed E-state index contributed by atoms with van der Waals surface area (Å²) < 4.78 is 0. The van der Waals surface area contributed by atoms with Crippen LogP contribution in [0, 0.1) is 5.41 Å². The van der Waals surface area contributed by atoms with Gasteiger partial charge in [0.25, 0.3) is 5.56 Å². The van der Waals surface area contributed by atoms with Crippen molar-refractivity contribution in [2.75, 3.05) is 0 Å². The molecule has 0 aliphatic carbocycles. The molecule has 0 fully saturated rings. The normalized spacial score (nSPS) is 8.15. The van der Waals surface area contributed by atoms with E-state index in [9.17, 15) is 4.79 Å². The first-order chi connectivity index (χ1) is 6.29. The molecule has 0 saturated carbocycles. The molecule has 0 aliphatic rings. The number of nitrogens with zero attached hydrogens (tertiary/aromatic N) is 1. The number of H-pyrrole nitrogens is 1. The number of nitrogens with one attached hydrogen (secondary N) is 2. The second kappa shape index (κ2) is 5.88. The minimum Gasteiger partial charge on any atom is -0.313 e. The van der Waals surface area contributed by atoms with Gasteiger partial charge in [-0.1, -0.05) is 20.4 Å². The summed E-state index contributed by atoms with van der Waals surface area (Å²) in [6.45, 7) is 7.46. The minimum absolute atomic E-state index is 0.238. The third kappa shape index (κ3) is 2.66. The zero-order chi connectivity index (χ0) is 10.3. The Labute approximate surface area is 76.9 Å². The lowest BCUT2D eigenvalue weighted by molar-refractivity contribution is 1.09. The molecule has 0 saturated heterocycles. The van der Waals surface area contributed by atoms with Crippen LogP contribution in [0.5, 0.6) is 0 Å². The zero-order valence-electron chi connectivity index (χ0n) is 7.79. The fourth-order valence-corrected chi connectivity index (χ4v) is 0.726. The second-order valence-electron chi connectivity index (χ2n) is 1.88. The van der Waals surface area contributed by atoms with Crippen LogP contribution < -0.4 is 5.56 Å². The first-order valence-corrected chi connectivity index (χ1v) is 4.00. The lowest BCUT2D eigenvalue weighted by atomic mass is 10.2. The van der Waals surface area contributed by atoms with Crippen molar-refractivity contribution in [1.82, 2.24) is 9.97 Å². The highest BCUT2D eigenvalue weighted by Gasteiger charge is 2.00. The maximum absolute atomic E-state index is 10.9. The summed E-state index contributed by atoms with van der Waals surface area (Å²) in [6.07, 6.45) is 3.69. The van der Waals surface area contributed by atoms with Crippen molar-refractivity contribution in [2.45, 2.75) is 13.8 Å². The van der Waals surface area contributed by atoms with Crippen LogP contribution in [0.2, 0.25) is 0 Å². The summed E-state index contributed by atoms with van der Waals surface area (Å²) in [5.41, 5.74) is 0.358. The SMILES string of the molecule is C=Cc1nc[nH]c(=O)c1C=N.CC. The summed E-state index contributed by atoms with van der Waals surface area (Å²) in [5.74, 6) is 0. The number of aromatic amines is 1. The largest absolute Gasteiger partial charge is 0.313 e. The standard InChI is InChI=1S/C7H7N3O.C2H6/c1-2-6-5(3-8)7(11)10-4-9-6;1-2/h2-4,8H,1H2,(H,9,10,11);1-2H3. The molecule has 0 spiro atoms. The summed E-state index contributed by atoms with van der Waals surface area (Å²) in [4.78, 5) is 17.1. The van der Waals surface area contributed by atoms with Crippen LogP contribution >= 0.6 is 0 Å². The molecular formula is C9H13N3O. The molecule has 0 unspecified atom stereocenters. The zero-order valence-corrected chi connectivity index (χ0v) is 7.79. The van der Waals surface area contributed by atoms with Crippen LogP contribution in [0.4, 0.5) is 0 Å². The molecule has 13 heavy (non-hydrogen) atoms. The van der Waals surface area contributed by atoms with E-state index in [0.29, 0.717) is 5.69 Å². The van der Waals surface area contributed by atoms with Crippen molar-refractivity contribution in [1.29, 1.82) is 5.41 Å². The van der Waals surface area contributed by atoms with E-state index in [2.05, 4.69) is 16.5 Å². The van der Waals surface area contributed by atoms with Crippen molar-refractivity contribution in [3.63, 3.8) is 0 Å². The maximum Gasteiger partial charge on any atom is 0.260 e. The van der Waals surface area contributed by atoms with E-state index in [4.69, 9.17) is 5.41 Å². The van der Waals surface area contributed by atoms with Crippen molar-refractivity contribution in [3.05, 3.63) is 34.5 Å². The molecule has 0 amide bonds. The third-order valence-electron chi connectivity index (χ3n) is 1.26. The molecular weight excluding hydrogens is 166 g/mol. The van der Waals surface area contributed by atoms with E-state index in [-0.39, 0.29) is 11.1 Å². The van der Waals surface area contributed by atoms with E-state index >= 15 is 0 Å². The van der Waals surface area contributed by atoms with E-state index in [0.717, 1.165) is 6.21 Å². The van der Waals surface area contributed by atoms with Crippen molar-refractivity contribution < 1.29 is 0 Å². The topological polar surface area (TPSA) is 69.6 Å². The third-order valence-corrected chi connectivity index (χ3v) is 1.26. The molecule has 0 radical (unpaired) electrons. The quantitative estimate of drug-likeness (QED) is 0.674. The second-order valence-corrected chi connectivity index (χ2v) is 1.88. The highest BCUT2D eigenvalue weighted by atomic mass is 16.1. The van der Waals surface area contributed by atoms with Gasteiger partial charge in [-0.05, 0) is 6.08 Å². The Morgan fingerprint density at radius 1 is 1.62 bits per heavy atom. The van der Waals surface area contributed by atoms with Crippen LogP contribution in [-0.4, -0.2) is 16.2 Å². The van der Waals surface area contributed by atoms with Crippen molar-refractivity contribution in [3.8, 4) is 0 Å². The fraction of sp³-hybridized carbons (Fsp3) is 0.222. The Morgan fingerprint density at radius 3 is 2.62 bits per heavy atom. The first-order valence-electron chi connectivity index (χ1n) is 4.00. The average Bonchev–Trinajstić information content (AvgIpc) is 2.20. The molecule has 2 N–H and O–H groups in total. The summed E-state index contributed by atoms with van der Waals surface area (Å²) in [5, 5.41) is 6.90. The Kier molecular flexibility index (Phi) is 5.11. The summed E-state index contributed by atoms with van der Waals surface area (Å²) >= 11 is 0. The van der Waals surface area contributed by atoms with Gasteiger partial charge in [0.2, 0.25) is 0 Å². The number of hydrogen-bond donors (Lipinski definition) is 2. The van der Waals surface area contributed by atoms with Crippen LogP contribution in [0.3, 0.4) is 0 Å². The van der Waals surface area contributed by atoms with Gasteiger partial charge in [-0.2, -0.15) is 0 Å². The summed E-state index contributed by atoms with van der Waals surface area (Å²) in [6, 6.07) is 0. The number of aromatic nitrogens is 2. The molecule has 70 valence electrons. The summed E-state index contributed by atoms with van der Waals surface area (Å²) in [7, 11) is 0. The average molecular weight is 179 g/mol. The van der Waals surface area contributed by atoms with Gasteiger partial charge in [-0.25, -0.2) is 4.98 Å². The molecule has 1 heterocycles. The Hall–Kier alpha value is -1.71. The molecule has 1 rings (SSSR count). The van der Waals surface area contributed by atoms with E-state index in [1.807, 2.05) is 13.8 Å². The van der Waals surface area contributed by atoms with Crippen molar-refractivity contribution >= 4 is 12.3 Å². The molecule has 0 aromatic carbocycles. The van der Waals surface area contributed by atoms with Gasteiger partial charge in [-0.15, -0.1) is 0 Å². The van der Waals surface area contributed by atoms with Gasteiger partial charge in [0.1, 0.15) is 0 Å². The highest BCUT2D eigenvalue weighted by Crippen LogP contribution is 1.95. The van der Waals surface area contributed by atoms with E-state index < -0.39 is 0 Å². The molecule has 4 heteroatoms. The van der Waals surface area contributed by atoms with E-state index in [1.165, 1.54) is 12.4 Å². The maximum atomic E-state index is 10.9. The van der Waals surface area contributed by atoms with Gasteiger partial charge in [0.15, 0.2) is 0 Å². The molecule has 4 nitrogen and oxygen atoms in total.